The predicted molar refractivity (Wildman–Crippen MR) is 60.3 cm³/mol. The van der Waals surface area contributed by atoms with E-state index in [9.17, 15) is 4.39 Å². The standard InChI is InChI=1S/C13H18FN/c1-10-8-12(6-7-15-10)9-11-2-4-13(14)5-3-11/h2-5,10,12,15H,6-9H2,1H3. The SMILES string of the molecule is CC1CC(Cc2ccc(F)cc2)CCN1. The zero-order valence-electron chi connectivity index (χ0n) is 9.17. The second-order valence-electron chi connectivity index (χ2n) is 4.58. The van der Waals surface area contributed by atoms with Crippen LogP contribution in [-0.4, -0.2) is 12.6 Å². The zero-order valence-corrected chi connectivity index (χ0v) is 9.17. The molecule has 0 aromatic heterocycles. The third kappa shape index (κ3) is 3.03. The molecule has 2 unspecified atom stereocenters. The number of benzene rings is 1. The third-order valence-corrected chi connectivity index (χ3v) is 3.17. The summed E-state index contributed by atoms with van der Waals surface area (Å²) in [6, 6.07) is 7.55. The number of hydrogen-bond acceptors (Lipinski definition) is 1. The zero-order chi connectivity index (χ0) is 10.7. The average Bonchev–Trinajstić information content (AvgIpc) is 2.22. The largest absolute Gasteiger partial charge is 0.314 e. The van der Waals surface area contributed by atoms with Crippen molar-refractivity contribution in [2.45, 2.75) is 32.2 Å². The van der Waals surface area contributed by atoms with Crippen molar-refractivity contribution in [1.29, 1.82) is 0 Å². The smallest absolute Gasteiger partial charge is 0.123 e. The summed E-state index contributed by atoms with van der Waals surface area (Å²) < 4.78 is 12.7. The number of rotatable bonds is 2. The molecule has 1 N–H and O–H groups in total. The van der Waals surface area contributed by atoms with E-state index in [1.807, 2.05) is 12.1 Å². The van der Waals surface area contributed by atoms with E-state index in [0.29, 0.717) is 6.04 Å². The molecule has 2 atom stereocenters. The van der Waals surface area contributed by atoms with Crippen LogP contribution in [0.15, 0.2) is 24.3 Å². The minimum absolute atomic E-state index is 0.141. The average molecular weight is 207 g/mol. The van der Waals surface area contributed by atoms with Crippen molar-refractivity contribution in [2.75, 3.05) is 6.54 Å². The number of piperidine rings is 1. The van der Waals surface area contributed by atoms with Crippen LogP contribution in [0.3, 0.4) is 0 Å². The molecule has 1 aliphatic heterocycles. The molecule has 2 rings (SSSR count). The van der Waals surface area contributed by atoms with E-state index < -0.39 is 0 Å². The summed E-state index contributed by atoms with van der Waals surface area (Å²) in [6.07, 6.45) is 3.56. The lowest BCUT2D eigenvalue weighted by atomic mass is 9.88. The molecule has 82 valence electrons. The number of nitrogens with one attached hydrogen (secondary N) is 1. The topological polar surface area (TPSA) is 12.0 Å². The fourth-order valence-corrected chi connectivity index (χ4v) is 2.37. The molecule has 2 heteroatoms. The van der Waals surface area contributed by atoms with E-state index in [2.05, 4.69) is 12.2 Å². The van der Waals surface area contributed by atoms with Gasteiger partial charge in [-0.3, -0.25) is 0 Å². The van der Waals surface area contributed by atoms with E-state index in [-0.39, 0.29) is 5.82 Å². The molecule has 1 saturated heterocycles. The van der Waals surface area contributed by atoms with Gasteiger partial charge in [0.15, 0.2) is 0 Å². The monoisotopic (exact) mass is 207 g/mol. The van der Waals surface area contributed by atoms with Crippen LogP contribution in [0.4, 0.5) is 4.39 Å². The Bertz CT molecular complexity index is 307. The van der Waals surface area contributed by atoms with Gasteiger partial charge in [-0.25, -0.2) is 4.39 Å². The second kappa shape index (κ2) is 4.75. The van der Waals surface area contributed by atoms with E-state index in [0.717, 1.165) is 18.9 Å². The fourth-order valence-electron chi connectivity index (χ4n) is 2.37. The Balaban J connectivity index is 1.93. The van der Waals surface area contributed by atoms with Crippen LogP contribution in [0, 0.1) is 11.7 Å². The maximum absolute atomic E-state index is 12.7. The molecule has 0 saturated carbocycles. The number of halogens is 1. The summed E-state index contributed by atoms with van der Waals surface area (Å²) in [4.78, 5) is 0. The van der Waals surface area contributed by atoms with Gasteiger partial charge in [-0.15, -0.1) is 0 Å². The second-order valence-corrected chi connectivity index (χ2v) is 4.58. The van der Waals surface area contributed by atoms with Gasteiger partial charge in [0.1, 0.15) is 5.82 Å². The van der Waals surface area contributed by atoms with Gasteiger partial charge in [-0.05, 0) is 56.3 Å². The summed E-state index contributed by atoms with van der Waals surface area (Å²) in [5.74, 6) is 0.615. The van der Waals surface area contributed by atoms with Crippen molar-refractivity contribution in [2.24, 2.45) is 5.92 Å². The Morgan fingerprint density at radius 2 is 2.07 bits per heavy atom. The van der Waals surface area contributed by atoms with Crippen molar-refractivity contribution in [3.8, 4) is 0 Å². The summed E-state index contributed by atoms with van der Waals surface area (Å²) in [5.41, 5.74) is 1.26. The van der Waals surface area contributed by atoms with Crippen LogP contribution in [0.25, 0.3) is 0 Å². The lowest BCUT2D eigenvalue weighted by Crippen LogP contribution is -2.36. The molecule has 1 nitrogen and oxygen atoms in total. The van der Waals surface area contributed by atoms with Crippen molar-refractivity contribution >= 4 is 0 Å². The van der Waals surface area contributed by atoms with Gasteiger partial charge in [-0.2, -0.15) is 0 Å². The van der Waals surface area contributed by atoms with Crippen LogP contribution >= 0.6 is 0 Å². The molecular weight excluding hydrogens is 189 g/mol. The molecule has 0 aliphatic carbocycles. The third-order valence-electron chi connectivity index (χ3n) is 3.17. The van der Waals surface area contributed by atoms with Gasteiger partial charge in [0.25, 0.3) is 0 Å². The lowest BCUT2D eigenvalue weighted by Gasteiger charge is -2.28. The molecular formula is C13H18FN. The van der Waals surface area contributed by atoms with Gasteiger partial charge in [-0.1, -0.05) is 12.1 Å². The summed E-state index contributed by atoms with van der Waals surface area (Å²) in [6.45, 7) is 3.35. The summed E-state index contributed by atoms with van der Waals surface area (Å²) in [7, 11) is 0. The van der Waals surface area contributed by atoms with Crippen molar-refractivity contribution < 1.29 is 4.39 Å². The molecule has 0 spiro atoms. The van der Waals surface area contributed by atoms with Gasteiger partial charge in [0.05, 0.1) is 0 Å². The lowest BCUT2D eigenvalue weighted by molar-refractivity contribution is 0.314. The molecule has 0 bridgehead atoms. The molecule has 0 radical (unpaired) electrons. The van der Waals surface area contributed by atoms with E-state index in [4.69, 9.17) is 0 Å². The first-order valence-electron chi connectivity index (χ1n) is 5.72. The molecule has 1 aliphatic rings. The highest BCUT2D eigenvalue weighted by Gasteiger charge is 2.18. The Morgan fingerprint density at radius 1 is 1.33 bits per heavy atom. The molecule has 1 aromatic rings. The van der Waals surface area contributed by atoms with Crippen LogP contribution in [-0.2, 0) is 6.42 Å². The van der Waals surface area contributed by atoms with Gasteiger partial charge in [0, 0.05) is 6.04 Å². The fraction of sp³-hybridized carbons (Fsp3) is 0.538. The molecule has 1 heterocycles. The van der Waals surface area contributed by atoms with Crippen LogP contribution in [0.5, 0.6) is 0 Å². The first kappa shape index (κ1) is 10.6. The normalized spacial score (nSPS) is 26.5. The van der Waals surface area contributed by atoms with Gasteiger partial charge >= 0.3 is 0 Å². The molecule has 0 amide bonds. The number of hydrogen-bond donors (Lipinski definition) is 1. The van der Waals surface area contributed by atoms with Crippen molar-refractivity contribution in [3.05, 3.63) is 35.6 Å². The maximum Gasteiger partial charge on any atom is 0.123 e. The highest BCUT2D eigenvalue weighted by Crippen LogP contribution is 2.20. The molecule has 1 fully saturated rings. The Hall–Kier alpha value is -0.890. The first-order valence-corrected chi connectivity index (χ1v) is 5.72. The Kier molecular flexibility index (Phi) is 3.37. The van der Waals surface area contributed by atoms with E-state index in [1.54, 1.807) is 12.1 Å². The Labute approximate surface area is 90.7 Å². The highest BCUT2D eigenvalue weighted by atomic mass is 19.1. The van der Waals surface area contributed by atoms with E-state index >= 15 is 0 Å². The van der Waals surface area contributed by atoms with Crippen molar-refractivity contribution in [3.63, 3.8) is 0 Å². The van der Waals surface area contributed by atoms with Crippen LogP contribution in [0.2, 0.25) is 0 Å². The predicted octanol–water partition coefficient (Wildman–Crippen LogP) is 2.76. The van der Waals surface area contributed by atoms with Crippen molar-refractivity contribution in [1.82, 2.24) is 5.32 Å². The molecule has 15 heavy (non-hydrogen) atoms. The van der Waals surface area contributed by atoms with Crippen LogP contribution < -0.4 is 5.32 Å². The van der Waals surface area contributed by atoms with Crippen LogP contribution in [0.1, 0.15) is 25.3 Å². The first-order chi connectivity index (χ1) is 7.24. The van der Waals surface area contributed by atoms with E-state index in [1.165, 1.54) is 18.4 Å². The Morgan fingerprint density at radius 3 is 2.73 bits per heavy atom. The highest BCUT2D eigenvalue weighted by molar-refractivity contribution is 5.16. The van der Waals surface area contributed by atoms with Gasteiger partial charge in [0.2, 0.25) is 0 Å². The minimum Gasteiger partial charge on any atom is -0.314 e. The maximum atomic E-state index is 12.7. The summed E-state index contributed by atoms with van der Waals surface area (Å²) in [5, 5.41) is 3.45. The van der Waals surface area contributed by atoms with Gasteiger partial charge < -0.3 is 5.32 Å². The quantitative estimate of drug-likeness (QED) is 0.786. The summed E-state index contributed by atoms with van der Waals surface area (Å²) >= 11 is 0. The molecule has 1 aromatic carbocycles. The minimum atomic E-state index is -0.141.